The normalized spacial score (nSPS) is 10.6. The van der Waals surface area contributed by atoms with Crippen molar-refractivity contribution in [1.82, 2.24) is 0 Å². The van der Waals surface area contributed by atoms with E-state index in [1.54, 1.807) is 12.1 Å². The van der Waals surface area contributed by atoms with Gasteiger partial charge >= 0.3 is 5.97 Å². The van der Waals surface area contributed by atoms with Crippen molar-refractivity contribution in [2.24, 2.45) is 0 Å². The summed E-state index contributed by atoms with van der Waals surface area (Å²) in [6, 6.07) is 21.3. The third kappa shape index (κ3) is 5.92. The highest BCUT2D eigenvalue weighted by Gasteiger charge is 2.13. The number of ether oxygens (including phenoxy) is 2. The molecule has 3 nitrogen and oxygen atoms in total. The molecule has 29 heavy (non-hydrogen) atoms. The molecule has 0 spiro atoms. The second-order valence-electron chi connectivity index (χ2n) is 6.83. The van der Waals surface area contributed by atoms with Crippen molar-refractivity contribution < 1.29 is 18.7 Å². The molecule has 0 unspecified atom stereocenters. The van der Waals surface area contributed by atoms with Crippen molar-refractivity contribution in [3.8, 4) is 22.6 Å². The number of rotatable bonds is 9. The molecule has 0 saturated carbocycles. The first-order chi connectivity index (χ1) is 14.2. The van der Waals surface area contributed by atoms with Crippen LogP contribution in [0.3, 0.4) is 0 Å². The van der Waals surface area contributed by atoms with Crippen LogP contribution in [0.15, 0.2) is 72.8 Å². The topological polar surface area (TPSA) is 35.5 Å². The van der Waals surface area contributed by atoms with Crippen LogP contribution in [-0.4, -0.2) is 12.6 Å². The number of carbonyl (C=O) groups is 1. The number of unbranched alkanes of at least 4 members (excludes halogenated alkanes) is 3. The van der Waals surface area contributed by atoms with Crippen LogP contribution in [0.5, 0.6) is 11.5 Å². The quantitative estimate of drug-likeness (QED) is 0.232. The second kappa shape index (κ2) is 10.4. The molecule has 4 heteroatoms. The Bertz CT molecular complexity index is 921. The molecule has 0 amide bonds. The second-order valence-corrected chi connectivity index (χ2v) is 6.83. The maximum Gasteiger partial charge on any atom is 0.343 e. The molecule has 0 saturated heterocycles. The van der Waals surface area contributed by atoms with Gasteiger partial charge in [0.25, 0.3) is 0 Å². The van der Waals surface area contributed by atoms with Gasteiger partial charge in [-0.3, -0.25) is 0 Å². The molecule has 3 aromatic rings. The molecule has 0 bridgehead atoms. The van der Waals surface area contributed by atoms with Gasteiger partial charge in [0.1, 0.15) is 5.75 Å². The molecule has 0 fully saturated rings. The Balaban J connectivity index is 1.58. The van der Waals surface area contributed by atoms with Gasteiger partial charge in [0.15, 0.2) is 11.6 Å². The van der Waals surface area contributed by atoms with Gasteiger partial charge in [0.05, 0.1) is 12.2 Å². The Kier molecular flexibility index (Phi) is 7.40. The van der Waals surface area contributed by atoms with Crippen LogP contribution in [-0.2, 0) is 0 Å². The van der Waals surface area contributed by atoms with Gasteiger partial charge in [-0.2, -0.15) is 0 Å². The minimum Gasteiger partial charge on any atom is -0.491 e. The van der Waals surface area contributed by atoms with Gasteiger partial charge in [-0.25, -0.2) is 9.18 Å². The molecule has 0 aliphatic heterocycles. The van der Waals surface area contributed by atoms with Crippen molar-refractivity contribution in [2.75, 3.05) is 6.61 Å². The lowest BCUT2D eigenvalue weighted by Crippen LogP contribution is -2.09. The van der Waals surface area contributed by atoms with E-state index in [1.807, 2.05) is 42.5 Å². The summed E-state index contributed by atoms with van der Waals surface area (Å²) in [5.74, 6) is -0.600. The average molecular weight is 392 g/mol. The van der Waals surface area contributed by atoms with Crippen LogP contribution in [0.2, 0.25) is 0 Å². The highest BCUT2D eigenvalue weighted by atomic mass is 19.1. The predicted molar refractivity (Wildman–Crippen MR) is 113 cm³/mol. The maximum absolute atomic E-state index is 14.2. The third-order valence-electron chi connectivity index (χ3n) is 4.60. The van der Waals surface area contributed by atoms with Gasteiger partial charge in [-0.1, -0.05) is 68.7 Å². The first-order valence-electron chi connectivity index (χ1n) is 9.97. The van der Waals surface area contributed by atoms with Crippen LogP contribution in [0.4, 0.5) is 4.39 Å². The third-order valence-corrected chi connectivity index (χ3v) is 4.60. The lowest BCUT2D eigenvalue weighted by Gasteiger charge is -2.09. The van der Waals surface area contributed by atoms with Crippen LogP contribution in [0, 0.1) is 5.82 Å². The first kappa shape index (κ1) is 20.6. The number of carbonyl (C=O) groups excluding carboxylic acids is 1. The lowest BCUT2D eigenvalue weighted by atomic mass is 10.1. The summed E-state index contributed by atoms with van der Waals surface area (Å²) >= 11 is 0. The average Bonchev–Trinajstić information content (AvgIpc) is 2.75. The largest absolute Gasteiger partial charge is 0.491 e. The van der Waals surface area contributed by atoms with E-state index in [4.69, 9.17) is 9.47 Å². The van der Waals surface area contributed by atoms with Crippen LogP contribution in [0.25, 0.3) is 11.1 Å². The van der Waals surface area contributed by atoms with Crippen molar-refractivity contribution in [1.29, 1.82) is 0 Å². The SMILES string of the molecule is CCCCCCOc1ccc(C(=O)Oc2ccc(-c3ccccc3)cc2)cc1F. The summed E-state index contributed by atoms with van der Waals surface area (Å²) in [4.78, 5) is 12.3. The van der Waals surface area contributed by atoms with Gasteiger partial charge < -0.3 is 9.47 Å². The molecule has 0 heterocycles. The summed E-state index contributed by atoms with van der Waals surface area (Å²) in [5.41, 5.74) is 2.25. The molecule has 0 aliphatic carbocycles. The monoisotopic (exact) mass is 392 g/mol. The summed E-state index contributed by atoms with van der Waals surface area (Å²) in [7, 11) is 0. The first-order valence-corrected chi connectivity index (χ1v) is 9.97. The van der Waals surface area contributed by atoms with E-state index < -0.39 is 11.8 Å². The summed E-state index contributed by atoms with van der Waals surface area (Å²) < 4.78 is 25.1. The van der Waals surface area contributed by atoms with Crippen molar-refractivity contribution >= 4 is 5.97 Å². The Labute approximate surface area is 171 Å². The van der Waals surface area contributed by atoms with Gasteiger partial charge in [0.2, 0.25) is 0 Å². The maximum atomic E-state index is 14.2. The summed E-state index contributed by atoms with van der Waals surface area (Å²) in [5, 5.41) is 0. The van der Waals surface area contributed by atoms with Gasteiger partial charge in [-0.15, -0.1) is 0 Å². The van der Waals surface area contributed by atoms with E-state index in [0.717, 1.165) is 42.9 Å². The van der Waals surface area contributed by atoms with Crippen molar-refractivity contribution in [2.45, 2.75) is 32.6 Å². The highest BCUT2D eigenvalue weighted by Crippen LogP contribution is 2.24. The van der Waals surface area contributed by atoms with Gasteiger partial charge in [0, 0.05) is 0 Å². The Hall–Kier alpha value is -3.14. The Morgan fingerprint density at radius 1 is 0.862 bits per heavy atom. The zero-order chi connectivity index (χ0) is 20.5. The molecule has 0 aromatic heterocycles. The van der Waals surface area contributed by atoms with Crippen molar-refractivity contribution in [3.05, 3.63) is 84.2 Å². The molecular formula is C25H25FO3. The van der Waals surface area contributed by atoms with E-state index in [2.05, 4.69) is 6.92 Å². The van der Waals surface area contributed by atoms with Crippen LogP contribution in [0.1, 0.15) is 43.0 Å². The molecule has 0 atom stereocenters. The molecule has 0 aliphatic rings. The predicted octanol–water partition coefficient (Wildman–Crippen LogP) is 6.67. The number of esters is 1. The fraction of sp³-hybridized carbons (Fsp3) is 0.240. The summed E-state index contributed by atoms with van der Waals surface area (Å²) in [6.45, 7) is 2.60. The number of halogens is 1. The molecule has 150 valence electrons. The molecular weight excluding hydrogens is 367 g/mol. The molecule has 0 radical (unpaired) electrons. The van der Waals surface area contributed by atoms with E-state index >= 15 is 0 Å². The van der Waals surface area contributed by atoms with E-state index in [0.29, 0.717) is 12.4 Å². The van der Waals surface area contributed by atoms with Gasteiger partial charge in [-0.05, 0) is 47.9 Å². The zero-order valence-corrected chi connectivity index (χ0v) is 16.6. The van der Waals surface area contributed by atoms with Crippen LogP contribution < -0.4 is 9.47 Å². The van der Waals surface area contributed by atoms with Crippen LogP contribution >= 0.6 is 0 Å². The van der Waals surface area contributed by atoms with E-state index in [1.165, 1.54) is 12.1 Å². The fourth-order valence-corrected chi connectivity index (χ4v) is 2.97. The molecule has 3 aromatic carbocycles. The Morgan fingerprint density at radius 2 is 1.59 bits per heavy atom. The van der Waals surface area contributed by atoms with E-state index in [9.17, 15) is 9.18 Å². The summed E-state index contributed by atoms with van der Waals surface area (Å²) in [6.07, 6.45) is 4.23. The Morgan fingerprint density at radius 3 is 2.28 bits per heavy atom. The lowest BCUT2D eigenvalue weighted by molar-refractivity contribution is 0.0734. The number of hydrogen-bond acceptors (Lipinski definition) is 3. The van der Waals surface area contributed by atoms with E-state index in [-0.39, 0.29) is 11.3 Å². The number of benzene rings is 3. The zero-order valence-electron chi connectivity index (χ0n) is 16.6. The standard InChI is InChI=1S/C25H25FO3/c1-2-3-4-8-17-28-24-16-13-21(18-23(24)26)25(27)29-22-14-11-20(12-15-22)19-9-6-5-7-10-19/h5-7,9-16,18H,2-4,8,17H2,1H3. The molecule has 0 N–H and O–H groups in total. The number of hydrogen-bond donors (Lipinski definition) is 0. The highest BCUT2D eigenvalue weighted by molar-refractivity contribution is 5.91. The van der Waals surface area contributed by atoms with Crippen molar-refractivity contribution in [3.63, 3.8) is 0 Å². The fourth-order valence-electron chi connectivity index (χ4n) is 2.97. The smallest absolute Gasteiger partial charge is 0.343 e. The minimum atomic E-state index is -0.606. The molecule has 3 rings (SSSR count). The minimum absolute atomic E-state index is 0.146.